The van der Waals surface area contributed by atoms with Gasteiger partial charge in [0, 0.05) is 0 Å². The normalized spacial score (nSPS) is 13.3. The van der Waals surface area contributed by atoms with E-state index in [1.807, 2.05) is 19.9 Å². The molecule has 0 aliphatic heterocycles. The van der Waals surface area contributed by atoms with Gasteiger partial charge in [-0.1, -0.05) is 17.7 Å². The predicted octanol–water partition coefficient (Wildman–Crippen LogP) is 0.681. The molecule has 0 radical (unpaired) electrons. The molecule has 0 aliphatic rings. The number of nitrogens with zero attached hydrogens (tertiary/aromatic N) is 2. The second-order valence-corrected chi connectivity index (χ2v) is 6.65. The molecular weight excluding hydrogens is 276 g/mol. The molecule has 6 nitrogen and oxygen atoms in total. The summed E-state index contributed by atoms with van der Waals surface area (Å²) in [4.78, 5) is 4.21. The third-order valence-corrected chi connectivity index (χ3v) is 4.70. The van der Waals surface area contributed by atoms with Crippen LogP contribution in [-0.2, 0) is 16.6 Å². The summed E-state index contributed by atoms with van der Waals surface area (Å²) in [5, 5.41) is 2.88. The van der Waals surface area contributed by atoms with Crippen LogP contribution in [0.3, 0.4) is 0 Å². The summed E-state index contributed by atoms with van der Waals surface area (Å²) < 4.78 is 29.1. The van der Waals surface area contributed by atoms with Gasteiger partial charge in [0.1, 0.15) is 6.54 Å². The Morgan fingerprint density at radius 3 is 2.75 bits per heavy atom. The van der Waals surface area contributed by atoms with E-state index in [0.29, 0.717) is 11.4 Å². The topological polar surface area (TPSA) is 78.7 Å². The standard InChI is InChI=1S/C13H18N4O2S/c1-10-4-5-13(11(2)6-10)20(18,19)16-12(3)7-17-9-14-8-15-17/h4-6,8-9,12,16H,7H2,1-3H3/p+1/t12-/m0/s1. The lowest BCUT2D eigenvalue weighted by molar-refractivity contribution is -0.752. The molecule has 108 valence electrons. The smallest absolute Gasteiger partial charge is 0.207 e. The van der Waals surface area contributed by atoms with E-state index >= 15 is 0 Å². The van der Waals surface area contributed by atoms with Crippen LogP contribution in [0.2, 0.25) is 0 Å². The van der Waals surface area contributed by atoms with Crippen molar-refractivity contribution in [2.45, 2.75) is 38.3 Å². The maximum atomic E-state index is 12.4. The largest absolute Gasteiger partial charge is 0.306 e. The van der Waals surface area contributed by atoms with E-state index in [4.69, 9.17) is 0 Å². The van der Waals surface area contributed by atoms with Crippen molar-refractivity contribution in [3.8, 4) is 0 Å². The van der Waals surface area contributed by atoms with Gasteiger partial charge >= 0.3 is 6.33 Å². The summed E-state index contributed by atoms with van der Waals surface area (Å²) in [5.74, 6) is 0. The van der Waals surface area contributed by atoms with E-state index in [9.17, 15) is 8.42 Å². The van der Waals surface area contributed by atoms with Crippen molar-refractivity contribution in [1.29, 1.82) is 0 Å². The first-order valence-corrected chi connectivity index (χ1v) is 7.84. The fraction of sp³-hybridized carbons (Fsp3) is 0.385. The van der Waals surface area contributed by atoms with Gasteiger partial charge in [0.05, 0.1) is 10.9 Å². The van der Waals surface area contributed by atoms with Crippen molar-refractivity contribution in [1.82, 2.24) is 14.8 Å². The quantitative estimate of drug-likeness (QED) is 0.796. The van der Waals surface area contributed by atoms with Crippen molar-refractivity contribution in [2.24, 2.45) is 0 Å². The molecule has 0 amide bonds. The molecular formula is C13H19N4O2S+. The van der Waals surface area contributed by atoms with Crippen LogP contribution in [0, 0.1) is 13.8 Å². The number of aromatic nitrogens is 3. The van der Waals surface area contributed by atoms with Gasteiger partial charge in [-0.3, -0.25) is 0 Å². The summed E-state index contributed by atoms with van der Waals surface area (Å²) in [6.07, 6.45) is 3.16. The summed E-state index contributed by atoms with van der Waals surface area (Å²) in [6.45, 7) is 6.04. The molecule has 0 unspecified atom stereocenters. The molecule has 7 heteroatoms. The lowest BCUT2D eigenvalue weighted by Gasteiger charge is -2.14. The zero-order chi connectivity index (χ0) is 14.8. The SMILES string of the molecule is Cc1ccc(S(=O)(=O)N[C@@H](C)C[n+]2cnc[nH]2)c(C)c1. The van der Waals surface area contributed by atoms with E-state index in [0.717, 1.165) is 11.1 Å². The molecule has 0 saturated carbocycles. The molecule has 1 aromatic heterocycles. The van der Waals surface area contributed by atoms with E-state index in [-0.39, 0.29) is 6.04 Å². The highest BCUT2D eigenvalue weighted by Gasteiger charge is 2.20. The van der Waals surface area contributed by atoms with E-state index in [1.165, 1.54) is 0 Å². The van der Waals surface area contributed by atoms with Crippen molar-refractivity contribution >= 4 is 10.0 Å². The molecule has 0 spiro atoms. The number of H-pyrrole nitrogens is 1. The number of hydrogen-bond donors (Lipinski definition) is 2. The van der Waals surface area contributed by atoms with Gasteiger partial charge in [0.25, 0.3) is 0 Å². The van der Waals surface area contributed by atoms with Crippen LogP contribution in [0.4, 0.5) is 0 Å². The monoisotopic (exact) mass is 295 g/mol. The summed E-state index contributed by atoms with van der Waals surface area (Å²) in [6, 6.07) is 5.06. The molecule has 0 aliphatic carbocycles. The lowest BCUT2D eigenvalue weighted by atomic mass is 10.2. The summed E-state index contributed by atoms with van der Waals surface area (Å²) in [5.41, 5.74) is 1.79. The van der Waals surface area contributed by atoms with Crippen LogP contribution in [0.25, 0.3) is 0 Å². The molecule has 1 aromatic carbocycles. The molecule has 20 heavy (non-hydrogen) atoms. The number of rotatable bonds is 5. The fourth-order valence-electron chi connectivity index (χ4n) is 2.12. The molecule has 2 aromatic rings. The molecule has 1 heterocycles. The van der Waals surface area contributed by atoms with Gasteiger partial charge < -0.3 is 0 Å². The Labute approximate surface area is 118 Å². The molecule has 0 fully saturated rings. The highest BCUT2D eigenvalue weighted by molar-refractivity contribution is 7.89. The lowest BCUT2D eigenvalue weighted by Crippen LogP contribution is -2.47. The average Bonchev–Trinajstić information content (AvgIpc) is 2.79. The zero-order valence-corrected chi connectivity index (χ0v) is 12.6. The third kappa shape index (κ3) is 3.43. The Bertz CT molecular complexity index is 680. The van der Waals surface area contributed by atoms with E-state index < -0.39 is 10.0 Å². The van der Waals surface area contributed by atoms with Gasteiger partial charge in [0.15, 0.2) is 0 Å². The zero-order valence-electron chi connectivity index (χ0n) is 11.8. The Morgan fingerprint density at radius 1 is 1.40 bits per heavy atom. The molecule has 0 bridgehead atoms. The van der Waals surface area contributed by atoms with Gasteiger partial charge in [0.2, 0.25) is 16.4 Å². The predicted molar refractivity (Wildman–Crippen MR) is 74.5 cm³/mol. The Balaban J connectivity index is 2.14. The highest BCUT2D eigenvalue weighted by Crippen LogP contribution is 2.16. The minimum Gasteiger partial charge on any atom is -0.207 e. The fourth-order valence-corrected chi connectivity index (χ4v) is 3.58. The van der Waals surface area contributed by atoms with Crippen molar-refractivity contribution in [3.63, 3.8) is 0 Å². The number of benzene rings is 1. The molecule has 2 rings (SSSR count). The van der Waals surface area contributed by atoms with E-state index in [1.54, 1.807) is 36.4 Å². The van der Waals surface area contributed by atoms with Gasteiger partial charge in [-0.2, -0.15) is 9.78 Å². The first-order valence-electron chi connectivity index (χ1n) is 6.36. The van der Waals surface area contributed by atoms with Crippen LogP contribution in [0.5, 0.6) is 0 Å². The Morgan fingerprint density at radius 2 is 2.15 bits per heavy atom. The minimum atomic E-state index is -3.51. The number of sulfonamides is 1. The second kappa shape index (κ2) is 5.72. The maximum absolute atomic E-state index is 12.4. The van der Waals surface area contributed by atoms with Crippen molar-refractivity contribution < 1.29 is 13.1 Å². The Hall–Kier alpha value is -1.73. The molecule has 1 atom stereocenters. The van der Waals surface area contributed by atoms with Crippen LogP contribution in [0.1, 0.15) is 18.1 Å². The first-order chi connectivity index (χ1) is 9.38. The number of hydrogen-bond acceptors (Lipinski definition) is 3. The second-order valence-electron chi connectivity index (χ2n) is 4.97. The summed E-state index contributed by atoms with van der Waals surface area (Å²) in [7, 11) is -3.51. The van der Waals surface area contributed by atoms with Crippen LogP contribution >= 0.6 is 0 Å². The summed E-state index contributed by atoms with van der Waals surface area (Å²) >= 11 is 0. The van der Waals surface area contributed by atoms with Gasteiger partial charge in [-0.15, -0.1) is 0 Å². The van der Waals surface area contributed by atoms with Gasteiger partial charge in [-0.25, -0.2) is 13.1 Å². The van der Waals surface area contributed by atoms with Crippen LogP contribution in [-0.4, -0.2) is 24.5 Å². The third-order valence-electron chi connectivity index (χ3n) is 2.95. The minimum absolute atomic E-state index is 0.244. The number of aromatic amines is 1. The highest BCUT2D eigenvalue weighted by atomic mass is 32.2. The molecule has 0 saturated heterocycles. The van der Waals surface area contributed by atoms with E-state index in [2.05, 4.69) is 14.8 Å². The number of aryl methyl sites for hydroxylation is 2. The number of nitrogens with one attached hydrogen (secondary N) is 2. The molecule has 2 N–H and O–H groups in total. The van der Waals surface area contributed by atoms with Crippen molar-refractivity contribution in [3.05, 3.63) is 42.0 Å². The average molecular weight is 295 g/mol. The Kier molecular flexibility index (Phi) is 4.20. The van der Waals surface area contributed by atoms with Gasteiger partial charge in [-0.05, 0) is 37.4 Å². The first kappa shape index (κ1) is 14.7. The van der Waals surface area contributed by atoms with Crippen molar-refractivity contribution in [2.75, 3.05) is 0 Å². The van der Waals surface area contributed by atoms with Crippen LogP contribution in [0.15, 0.2) is 35.7 Å². The van der Waals surface area contributed by atoms with Crippen LogP contribution < -0.4 is 9.40 Å². The maximum Gasteiger partial charge on any atom is 0.306 e.